The van der Waals surface area contributed by atoms with Crippen LogP contribution in [-0.4, -0.2) is 39.3 Å². The number of nitrogens with two attached hydrogens (primary N) is 1. The summed E-state index contributed by atoms with van der Waals surface area (Å²) in [5, 5.41) is 11.0. The lowest BCUT2D eigenvalue weighted by Gasteiger charge is -2.35. The van der Waals surface area contributed by atoms with Gasteiger partial charge in [0.1, 0.15) is 12.1 Å². The Balaban J connectivity index is 2.31. The molecule has 0 saturated carbocycles. The first-order chi connectivity index (χ1) is 11.2. The maximum absolute atomic E-state index is 12.5. The van der Waals surface area contributed by atoms with Crippen molar-refractivity contribution in [2.24, 2.45) is 17.6 Å². The quantitative estimate of drug-likeness (QED) is 0.627. The van der Waals surface area contributed by atoms with Crippen molar-refractivity contribution in [2.75, 3.05) is 13.1 Å². The molecule has 2 amide bonds. The third-order valence-electron chi connectivity index (χ3n) is 4.08. The second-order valence-corrected chi connectivity index (χ2v) is 6.41. The minimum Gasteiger partial charge on any atom is -0.365 e. The number of carbonyl (C=O) groups excluding carboxylic acids is 2. The van der Waals surface area contributed by atoms with Crippen LogP contribution in [0.1, 0.15) is 30.6 Å². The summed E-state index contributed by atoms with van der Waals surface area (Å²) in [7, 11) is 0. The number of hydrogen-bond acceptors (Lipinski definition) is 5. The summed E-state index contributed by atoms with van der Waals surface area (Å²) in [6, 6.07) is 0.830. The Morgan fingerprint density at radius 2 is 1.92 bits per heavy atom. The van der Waals surface area contributed by atoms with Crippen molar-refractivity contribution < 1.29 is 14.5 Å². The fourth-order valence-electron chi connectivity index (χ4n) is 3.13. The Morgan fingerprint density at radius 3 is 2.42 bits per heavy atom. The van der Waals surface area contributed by atoms with Gasteiger partial charge in [-0.2, -0.15) is 0 Å². The summed E-state index contributed by atoms with van der Waals surface area (Å²) >= 11 is 0. The van der Waals surface area contributed by atoms with Gasteiger partial charge in [0, 0.05) is 19.2 Å². The molecule has 2 rings (SSSR count). The summed E-state index contributed by atoms with van der Waals surface area (Å²) < 4.78 is 0.879. The van der Waals surface area contributed by atoms with Crippen molar-refractivity contribution in [2.45, 2.75) is 26.8 Å². The van der Waals surface area contributed by atoms with E-state index in [1.807, 2.05) is 13.8 Å². The van der Waals surface area contributed by atoms with Crippen LogP contribution in [-0.2, 0) is 11.3 Å². The van der Waals surface area contributed by atoms with Gasteiger partial charge in [-0.15, -0.1) is 0 Å². The highest BCUT2D eigenvalue weighted by Crippen LogP contribution is 2.21. The molecule has 1 saturated heterocycles. The molecule has 0 bridgehead atoms. The SMILES string of the molecule is CC1CC(C)CN(C(=O)Cn2cc([N+](=O)[O-])cc(C(N)=O)c2=O)C1. The van der Waals surface area contributed by atoms with Gasteiger partial charge in [-0.3, -0.25) is 29.1 Å². The van der Waals surface area contributed by atoms with E-state index < -0.39 is 27.6 Å². The van der Waals surface area contributed by atoms with E-state index in [1.54, 1.807) is 4.90 Å². The molecular weight excluding hydrogens is 316 g/mol. The van der Waals surface area contributed by atoms with Gasteiger partial charge in [-0.25, -0.2) is 0 Å². The molecule has 1 aromatic rings. The fourth-order valence-corrected chi connectivity index (χ4v) is 3.13. The highest BCUT2D eigenvalue weighted by Gasteiger charge is 2.26. The topological polar surface area (TPSA) is 129 Å². The molecule has 2 unspecified atom stereocenters. The van der Waals surface area contributed by atoms with Crippen molar-refractivity contribution in [1.82, 2.24) is 9.47 Å². The van der Waals surface area contributed by atoms with E-state index in [9.17, 15) is 24.5 Å². The van der Waals surface area contributed by atoms with Gasteiger partial charge in [0.2, 0.25) is 5.91 Å². The highest BCUT2D eigenvalue weighted by molar-refractivity contribution is 5.93. The number of carbonyl (C=O) groups is 2. The molecule has 130 valence electrons. The van der Waals surface area contributed by atoms with E-state index in [0.29, 0.717) is 24.9 Å². The monoisotopic (exact) mass is 336 g/mol. The van der Waals surface area contributed by atoms with Crippen LogP contribution < -0.4 is 11.3 Å². The van der Waals surface area contributed by atoms with Crippen LogP contribution in [0.2, 0.25) is 0 Å². The summed E-state index contributed by atoms with van der Waals surface area (Å²) in [6.07, 6.45) is 1.98. The molecule has 1 fully saturated rings. The van der Waals surface area contributed by atoms with Crippen LogP contribution >= 0.6 is 0 Å². The Bertz CT molecular complexity index is 732. The first-order valence-electron chi connectivity index (χ1n) is 7.65. The van der Waals surface area contributed by atoms with Crippen molar-refractivity contribution in [3.8, 4) is 0 Å². The Morgan fingerprint density at radius 1 is 1.33 bits per heavy atom. The van der Waals surface area contributed by atoms with Crippen LogP contribution in [0.15, 0.2) is 17.1 Å². The first-order valence-corrected chi connectivity index (χ1v) is 7.65. The lowest BCUT2D eigenvalue weighted by atomic mass is 9.92. The Kier molecular flexibility index (Phi) is 5.01. The average Bonchev–Trinajstić information content (AvgIpc) is 2.47. The number of primary amides is 1. The van der Waals surface area contributed by atoms with Gasteiger partial charge in [0.05, 0.1) is 11.1 Å². The zero-order valence-electron chi connectivity index (χ0n) is 13.6. The second kappa shape index (κ2) is 6.81. The minimum atomic E-state index is -1.06. The molecule has 0 spiro atoms. The van der Waals surface area contributed by atoms with Crippen molar-refractivity contribution in [3.05, 3.63) is 38.3 Å². The molecular formula is C15H20N4O5. The smallest absolute Gasteiger partial charge is 0.286 e. The number of nitrogens with zero attached hydrogens (tertiary/aromatic N) is 3. The summed E-state index contributed by atoms with van der Waals surface area (Å²) in [4.78, 5) is 47.8. The molecule has 24 heavy (non-hydrogen) atoms. The second-order valence-electron chi connectivity index (χ2n) is 6.41. The molecule has 1 aromatic heterocycles. The standard InChI is InChI=1S/C15H20N4O5/c1-9-3-10(2)6-17(5-9)13(20)8-18-7-11(19(23)24)4-12(14(16)21)15(18)22/h4,7,9-10H,3,5-6,8H2,1-2H3,(H2,16,21). The molecule has 0 radical (unpaired) electrons. The van der Waals surface area contributed by atoms with E-state index in [4.69, 9.17) is 5.73 Å². The normalized spacial score (nSPS) is 20.7. The van der Waals surface area contributed by atoms with Gasteiger partial charge in [0.15, 0.2) is 0 Å². The molecule has 2 atom stereocenters. The number of aromatic nitrogens is 1. The molecule has 2 heterocycles. The van der Waals surface area contributed by atoms with Gasteiger partial charge in [-0.05, 0) is 18.3 Å². The molecule has 0 aromatic carbocycles. The predicted molar refractivity (Wildman–Crippen MR) is 85.4 cm³/mol. The lowest BCUT2D eigenvalue weighted by molar-refractivity contribution is -0.385. The first kappa shape index (κ1) is 17.6. The van der Waals surface area contributed by atoms with Crippen LogP contribution in [0, 0.1) is 22.0 Å². The largest absolute Gasteiger partial charge is 0.365 e. The number of amides is 2. The fraction of sp³-hybridized carbons (Fsp3) is 0.533. The molecule has 9 nitrogen and oxygen atoms in total. The maximum atomic E-state index is 12.5. The third kappa shape index (κ3) is 3.79. The number of pyridine rings is 1. The molecule has 2 N–H and O–H groups in total. The van der Waals surface area contributed by atoms with Gasteiger partial charge >= 0.3 is 0 Å². The van der Waals surface area contributed by atoms with Crippen molar-refractivity contribution >= 4 is 17.5 Å². The summed E-state index contributed by atoms with van der Waals surface area (Å²) in [6.45, 7) is 4.88. The summed E-state index contributed by atoms with van der Waals surface area (Å²) in [5.41, 5.74) is 3.32. The predicted octanol–water partition coefficient (Wildman–Crippen LogP) is 0.360. The molecule has 1 aliphatic heterocycles. The molecule has 1 aliphatic rings. The average molecular weight is 336 g/mol. The third-order valence-corrected chi connectivity index (χ3v) is 4.08. The van der Waals surface area contributed by atoms with Crippen LogP contribution in [0.4, 0.5) is 5.69 Å². The zero-order valence-corrected chi connectivity index (χ0v) is 13.6. The van der Waals surface area contributed by atoms with Gasteiger partial charge < -0.3 is 10.6 Å². The molecule has 0 aliphatic carbocycles. The van der Waals surface area contributed by atoms with E-state index >= 15 is 0 Å². The number of piperidine rings is 1. The Labute approximate surface area is 138 Å². The van der Waals surface area contributed by atoms with Crippen LogP contribution in [0.25, 0.3) is 0 Å². The van der Waals surface area contributed by atoms with Gasteiger partial charge in [0.25, 0.3) is 17.2 Å². The van der Waals surface area contributed by atoms with Crippen molar-refractivity contribution in [1.29, 1.82) is 0 Å². The summed E-state index contributed by atoms with van der Waals surface area (Å²) in [5.74, 6) is -0.682. The highest BCUT2D eigenvalue weighted by atomic mass is 16.6. The number of hydrogen-bond donors (Lipinski definition) is 1. The van der Waals surface area contributed by atoms with Crippen LogP contribution in [0.5, 0.6) is 0 Å². The van der Waals surface area contributed by atoms with E-state index in [-0.39, 0.29) is 12.5 Å². The Hall–Kier alpha value is -2.71. The number of likely N-dealkylation sites (tertiary alicyclic amines) is 1. The van der Waals surface area contributed by atoms with Gasteiger partial charge in [-0.1, -0.05) is 13.8 Å². The number of rotatable bonds is 4. The number of nitro groups is 1. The zero-order chi connectivity index (χ0) is 18.0. The van der Waals surface area contributed by atoms with E-state index in [0.717, 1.165) is 23.3 Å². The maximum Gasteiger partial charge on any atom is 0.286 e. The van der Waals surface area contributed by atoms with Crippen molar-refractivity contribution in [3.63, 3.8) is 0 Å². The minimum absolute atomic E-state index is 0.314. The van der Waals surface area contributed by atoms with Crippen LogP contribution in [0.3, 0.4) is 0 Å². The van der Waals surface area contributed by atoms with E-state index in [1.165, 1.54) is 0 Å². The lowest BCUT2D eigenvalue weighted by Crippen LogP contribution is -2.45. The molecule has 9 heteroatoms. The van der Waals surface area contributed by atoms with E-state index in [2.05, 4.69) is 0 Å².